The molecule has 1 aliphatic rings. The summed E-state index contributed by atoms with van der Waals surface area (Å²) in [4.78, 5) is 17.7. The Morgan fingerprint density at radius 1 is 0.952 bits per heavy atom. The number of aliphatic hydroxyl groups excluding tert-OH is 1. The van der Waals surface area contributed by atoms with Gasteiger partial charge in [0.25, 0.3) is 0 Å². The highest BCUT2D eigenvalue weighted by Crippen LogP contribution is 2.35. The Balaban J connectivity index is 1.23. The Morgan fingerprint density at radius 3 is 2.40 bits per heavy atom. The molecular weight excluding hydrogens is 547 g/mol. The number of halogens is 1. The van der Waals surface area contributed by atoms with Gasteiger partial charge in [0.15, 0.2) is 5.78 Å². The largest absolute Gasteiger partial charge is 0.508 e. The summed E-state index contributed by atoms with van der Waals surface area (Å²) in [5.41, 5.74) is 3.85. The molecule has 3 aromatic rings. The number of phenols is 1. The summed E-state index contributed by atoms with van der Waals surface area (Å²) in [6, 6.07) is 10.0. The molecule has 0 unspecified atom stereocenters. The van der Waals surface area contributed by atoms with E-state index in [4.69, 9.17) is 24.1 Å². The van der Waals surface area contributed by atoms with Gasteiger partial charge in [-0.2, -0.15) is 0 Å². The van der Waals surface area contributed by atoms with Gasteiger partial charge in [-0.25, -0.2) is 9.37 Å². The molecule has 0 fully saturated rings. The molecule has 0 spiro atoms. The highest BCUT2D eigenvalue weighted by molar-refractivity contribution is 6.09. The van der Waals surface area contributed by atoms with Gasteiger partial charge in [-0.3, -0.25) is 4.79 Å². The van der Waals surface area contributed by atoms with Crippen molar-refractivity contribution in [3.63, 3.8) is 0 Å². The first-order chi connectivity index (χ1) is 20.5. The van der Waals surface area contributed by atoms with Crippen molar-refractivity contribution in [1.29, 1.82) is 0 Å². The fourth-order valence-electron chi connectivity index (χ4n) is 4.36. The lowest BCUT2D eigenvalue weighted by molar-refractivity contribution is -0.0394. The van der Waals surface area contributed by atoms with E-state index in [-0.39, 0.29) is 30.4 Å². The number of ether oxygens (including phenoxy) is 4. The van der Waals surface area contributed by atoms with Crippen LogP contribution in [0.4, 0.5) is 27.3 Å². The average molecular weight is 585 g/mol. The van der Waals surface area contributed by atoms with Gasteiger partial charge in [-0.1, -0.05) is 12.1 Å². The number of hydrogen-bond acceptors (Lipinski definition) is 11. The number of Topliss-reactive ketones (excluding diaryl/α,β-unsaturated/α-hetero) is 1. The molecule has 1 aromatic heterocycles. The number of pyridine rings is 1. The number of anilines is 4. The molecule has 11 nitrogen and oxygen atoms in total. The summed E-state index contributed by atoms with van der Waals surface area (Å²) in [5, 5.41) is 28.1. The van der Waals surface area contributed by atoms with Crippen molar-refractivity contribution in [2.75, 3.05) is 70.2 Å². The Bertz CT molecular complexity index is 1340. The number of aromatic nitrogens is 1. The van der Waals surface area contributed by atoms with Gasteiger partial charge in [0, 0.05) is 37.5 Å². The first-order valence-electron chi connectivity index (χ1n) is 13.8. The van der Waals surface area contributed by atoms with Gasteiger partial charge >= 0.3 is 0 Å². The smallest absolute Gasteiger partial charge is 0.173 e. The third kappa shape index (κ3) is 8.92. The van der Waals surface area contributed by atoms with Crippen molar-refractivity contribution in [2.24, 2.45) is 0 Å². The second-order valence-electron chi connectivity index (χ2n) is 9.59. The Kier molecular flexibility index (Phi) is 12.0. The van der Waals surface area contributed by atoms with E-state index in [1.165, 1.54) is 18.3 Å². The minimum atomic E-state index is -0.535. The lowest BCUT2D eigenvalue weighted by atomic mass is 10.0. The molecule has 1 aliphatic heterocycles. The molecule has 2 heterocycles. The van der Waals surface area contributed by atoms with Gasteiger partial charge in [-0.05, 0) is 41.8 Å². The maximum absolute atomic E-state index is 14.5. The molecule has 226 valence electrons. The van der Waals surface area contributed by atoms with E-state index >= 15 is 0 Å². The van der Waals surface area contributed by atoms with Gasteiger partial charge in [0.05, 0.1) is 63.2 Å². The fourth-order valence-corrected chi connectivity index (χ4v) is 4.36. The number of hydrogen-bond donors (Lipinski definition) is 5. The molecule has 4 rings (SSSR count). The van der Waals surface area contributed by atoms with Crippen molar-refractivity contribution in [3.8, 4) is 5.75 Å². The normalized spacial score (nSPS) is 12.4. The summed E-state index contributed by atoms with van der Waals surface area (Å²) in [6.45, 7) is 5.72. The molecule has 42 heavy (non-hydrogen) atoms. The quantitative estimate of drug-likeness (QED) is 0.117. The molecule has 0 amide bonds. The van der Waals surface area contributed by atoms with Crippen molar-refractivity contribution in [1.82, 2.24) is 10.3 Å². The summed E-state index contributed by atoms with van der Waals surface area (Å²) in [7, 11) is 0. The fraction of sp³-hybridized carbons (Fsp3) is 0.400. The topological polar surface area (TPSA) is 143 Å². The van der Waals surface area contributed by atoms with Crippen LogP contribution in [-0.4, -0.2) is 80.6 Å². The maximum atomic E-state index is 14.5. The van der Waals surface area contributed by atoms with Gasteiger partial charge in [0.1, 0.15) is 24.2 Å². The first kappa shape index (κ1) is 31.3. The van der Waals surface area contributed by atoms with Crippen molar-refractivity contribution < 1.29 is 38.3 Å². The van der Waals surface area contributed by atoms with E-state index in [1.54, 1.807) is 13.0 Å². The van der Waals surface area contributed by atoms with E-state index in [0.717, 1.165) is 16.8 Å². The number of phenolic OH excluding ortho intramolecular Hbond substituents is 1. The molecule has 0 aliphatic carbocycles. The Hall–Kier alpha value is -3.65. The number of benzene rings is 2. The number of aromatic hydroxyl groups is 1. The third-order valence-corrected chi connectivity index (χ3v) is 6.52. The van der Waals surface area contributed by atoms with Crippen molar-refractivity contribution in [2.45, 2.75) is 19.9 Å². The summed E-state index contributed by atoms with van der Waals surface area (Å²) in [6.07, 6.45) is 1.69. The van der Waals surface area contributed by atoms with E-state index in [9.17, 15) is 14.3 Å². The number of rotatable bonds is 17. The maximum Gasteiger partial charge on any atom is 0.173 e. The van der Waals surface area contributed by atoms with E-state index in [1.807, 2.05) is 18.2 Å². The zero-order valence-electron chi connectivity index (χ0n) is 23.6. The number of ketones is 1. The van der Waals surface area contributed by atoms with E-state index in [2.05, 4.69) is 20.9 Å². The van der Waals surface area contributed by atoms with Crippen LogP contribution in [-0.2, 0) is 31.9 Å². The van der Waals surface area contributed by atoms with E-state index < -0.39 is 5.82 Å². The molecule has 5 N–H and O–H groups in total. The minimum absolute atomic E-state index is 0.0439. The lowest BCUT2D eigenvalue weighted by Crippen LogP contribution is -2.20. The molecular formula is C30H37FN4O7. The number of aryl methyl sites for hydroxylation is 1. The van der Waals surface area contributed by atoms with Crippen LogP contribution in [0.25, 0.3) is 0 Å². The third-order valence-electron chi connectivity index (χ3n) is 6.52. The molecule has 0 saturated carbocycles. The lowest BCUT2D eigenvalue weighted by Gasteiger charge is -2.14. The standard InChI is InChI=1S/C30H37FN4O7/c1-20-14-23(31)26(17-27(20)37)34-25-4-5-33-30-29(25)28(38)16-22-15-21(2-3-24(22)35-30)18-32-6-7-39-8-9-40-10-11-41-12-13-42-19-36/h2-5,14-15,17,32,36-37H,6-13,16,18-19H2,1H3,(H2,33,34,35). The number of carbonyl (C=O) groups excluding carboxylic acids is 1. The van der Waals surface area contributed by atoms with Crippen LogP contribution in [0, 0.1) is 12.7 Å². The molecule has 0 saturated heterocycles. The van der Waals surface area contributed by atoms with Crippen molar-refractivity contribution in [3.05, 3.63) is 70.7 Å². The van der Waals surface area contributed by atoms with Crippen molar-refractivity contribution >= 4 is 28.7 Å². The van der Waals surface area contributed by atoms with Crippen LogP contribution in [0.5, 0.6) is 5.75 Å². The number of aliphatic hydroxyl groups is 1. The predicted molar refractivity (Wildman–Crippen MR) is 155 cm³/mol. The van der Waals surface area contributed by atoms with Crippen LogP contribution >= 0.6 is 0 Å². The zero-order valence-corrected chi connectivity index (χ0v) is 23.6. The predicted octanol–water partition coefficient (Wildman–Crippen LogP) is 3.57. The number of nitrogens with zero attached hydrogens (tertiary/aromatic N) is 1. The highest BCUT2D eigenvalue weighted by Gasteiger charge is 2.24. The molecule has 12 heteroatoms. The SMILES string of the molecule is Cc1cc(F)c(Nc2ccnc3c2C(=O)Cc2cc(CNCCOCCOCCOCCOCO)ccc2N3)cc1O. The molecule has 0 bridgehead atoms. The number of carbonyl (C=O) groups is 1. The van der Waals surface area contributed by atoms with Gasteiger partial charge < -0.3 is 45.1 Å². The number of fused-ring (bicyclic) bond motifs is 2. The van der Waals surface area contributed by atoms with Crippen LogP contribution in [0.3, 0.4) is 0 Å². The van der Waals surface area contributed by atoms with E-state index in [0.29, 0.717) is 82.0 Å². The summed E-state index contributed by atoms with van der Waals surface area (Å²) >= 11 is 0. The monoisotopic (exact) mass is 584 g/mol. The Labute approximate surface area is 244 Å². The minimum Gasteiger partial charge on any atom is -0.508 e. The highest BCUT2D eigenvalue weighted by atomic mass is 19.1. The second-order valence-corrected chi connectivity index (χ2v) is 9.59. The van der Waals surface area contributed by atoms with Crippen LogP contribution in [0.15, 0.2) is 42.6 Å². The van der Waals surface area contributed by atoms with Gasteiger partial charge in [-0.15, -0.1) is 0 Å². The van der Waals surface area contributed by atoms with Crippen LogP contribution in [0.1, 0.15) is 27.0 Å². The van der Waals surface area contributed by atoms with Crippen LogP contribution < -0.4 is 16.0 Å². The molecule has 0 atom stereocenters. The molecule has 0 radical (unpaired) electrons. The van der Waals surface area contributed by atoms with Gasteiger partial charge in [0.2, 0.25) is 0 Å². The second kappa shape index (κ2) is 16.1. The zero-order chi connectivity index (χ0) is 29.7. The summed E-state index contributed by atoms with van der Waals surface area (Å²) < 4.78 is 35.6. The van der Waals surface area contributed by atoms with Crippen LogP contribution in [0.2, 0.25) is 0 Å². The first-order valence-corrected chi connectivity index (χ1v) is 13.8. The number of nitrogens with one attached hydrogen (secondary N) is 3. The Morgan fingerprint density at radius 2 is 1.67 bits per heavy atom. The average Bonchev–Trinajstić information content (AvgIpc) is 3.11. The summed E-state index contributed by atoms with van der Waals surface area (Å²) in [5.74, 6) is -0.357. The molecule has 2 aromatic carbocycles.